The van der Waals surface area contributed by atoms with Crippen molar-refractivity contribution < 1.29 is 22.8 Å². The fourth-order valence-electron chi connectivity index (χ4n) is 4.50. The molecule has 0 aromatic heterocycles. The van der Waals surface area contributed by atoms with Crippen molar-refractivity contribution in [1.82, 2.24) is 0 Å². The van der Waals surface area contributed by atoms with E-state index in [2.05, 4.69) is 0 Å². The third kappa shape index (κ3) is 3.91. The second-order valence-electron chi connectivity index (χ2n) is 8.54. The minimum Gasteiger partial charge on any atom is -0.271 e. The summed E-state index contributed by atoms with van der Waals surface area (Å²) in [4.78, 5) is 43.9. The third-order valence-electron chi connectivity index (χ3n) is 6.32. The summed E-state index contributed by atoms with van der Waals surface area (Å²) in [7, 11) is -4.66. The molecule has 4 aromatic carbocycles. The first-order valence-electron chi connectivity index (χ1n) is 11.5. The Balaban J connectivity index is 1.83. The Hall–Kier alpha value is -4.56. The highest BCUT2D eigenvalue weighted by Crippen LogP contribution is 2.40. The van der Waals surface area contributed by atoms with Gasteiger partial charge in [-0.1, -0.05) is 84.9 Å². The Morgan fingerprint density at radius 2 is 0.919 bits per heavy atom. The molecule has 1 aliphatic heterocycles. The molecule has 0 N–H and O–H groups in total. The number of rotatable bonds is 6. The predicted octanol–water partition coefficient (Wildman–Crippen LogP) is 4.64. The molecule has 4 amide bonds. The van der Waals surface area contributed by atoms with Crippen LogP contribution in [0, 0.1) is 0 Å². The highest BCUT2D eigenvalue weighted by Gasteiger charge is 2.66. The maximum Gasteiger partial charge on any atom is 0.342 e. The zero-order chi connectivity index (χ0) is 26.0. The molecule has 0 aliphatic carbocycles. The zero-order valence-corrected chi connectivity index (χ0v) is 20.4. The van der Waals surface area contributed by atoms with Crippen molar-refractivity contribution in [3.63, 3.8) is 0 Å². The van der Waals surface area contributed by atoms with Crippen molar-refractivity contribution in [2.75, 3.05) is 9.80 Å². The second-order valence-corrected chi connectivity index (χ2v) is 10.7. The SMILES string of the molecule is O=C1N(c2ccccc2)C(=O)C(Cc2ccccc2)(S(=O)(=O)c2ccccc2)C(=O)N1c1ccccc1. The Morgan fingerprint density at radius 3 is 1.35 bits per heavy atom. The van der Waals surface area contributed by atoms with Crippen molar-refractivity contribution in [2.45, 2.75) is 16.1 Å². The van der Waals surface area contributed by atoms with E-state index in [1.54, 1.807) is 72.8 Å². The molecular weight excluding hydrogens is 488 g/mol. The molecule has 0 spiro atoms. The van der Waals surface area contributed by atoms with Crippen LogP contribution in [0.2, 0.25) is 0 Å². The largest absolute Gasteiger partial charge is 0.342 e. The lowest BCUT2D eigenvalue weighted by Gasteiger charge is -2.43. The van der Waals surface area contributed by atoms with Crippen LogP contribution < -0.4 is 9.80 Å². The number of benzene rings is 4. The summed E-state index contributed by atoms with van der Waals surface area (Å²) in [6, 6.07) is 30.9. The standard InChI is InChI=1S/C29H22N2O5S/c32-26-29(21-22-13-5-1-6-14-22,37(35,36)25-19-11-4-12-20-25)27(33)31(24-17-9-3-10-18-24)28(34)30(26)23-15-7-2-8-16-23/h1-20H,21H2. The molecule has 4 aromatic rings. The van der Waals surface area contributed by atoms with Crippen LogP contribution in [0.5, 0.6) is 0 Å². The van der Waals surface area contributed by atoms with Crippen molar-refractivity contribution in [3.05, 3.63) is 127 Å². The first kappa shape index (κ1) is 24.1. The second kappa shape index (κ2) is 9.48. The van der Waals surface area contributed by atoms with Gasteiger partial charge in [0.05, 0.1) is 16.3 Å². The topological polar surface area (TPSA) is 91.8 Å². The van der Waals surface area contributed by atoms with Gasteiger partial charge in [0.25, 0.3) is 11.8 Å². The van der Waals surface area contributed by atoms with Gasteiger partial charge in [-0.25, -0.2) is 23.0 Å². The van der Waals surface area contributed by atoms with E-state index in [0.29, 0.717) is 5.56 Å². The number of carbonyl (C=O) groups is 3. The van der Waals surface area contributed by atoms with E-state index in [1.165, 1.54) is 48.5 Å². The molecule has 184 valence electrons. The van der Waals surface area contributed by atoms with E-state index in [0.717, 1.165) is 9.80 Å². The highest BCUT2D eigenvalue weighted by atomic mass is 32.2. The van der Waals surface area contributed by atoms with Crippen LogP contribution in [-0.4, -0.2) is 31.0 Å². The molecule has 1 fully saturated rings. The average molecular weight is 511 g/mol. The van der Waals surface area contributed by atoms with E-state index in [-0.39, 0.29) is 16.3 Å². The van der Waals surface area contributed by atoms with Gasteiger partial charge in [0, 0.05) is 6.42 Å². The Kier molecular flexibility index (Phi) is 6.19. The van der Waals surface area contributed by atoms with Crippen LogP contribution in [0.3, 0.4) is 0 Å². The number of barbiturate groups is 1. The summed E-state index contributed by atoms with van der Waals surface area (Å²) in [5.41, 5.74) is 0.775. The molecule has 5 rings (SSSR count). The summed E-state index contributed by atoms with van der Waals surface area (Å²) in [6.45, 7) is 0. The van der Waals surface area contributed by atoms with Gasteiger partial charge in [0.15, 0.2) is 0 Å². The zero-order valence-electron chi connectivity index (χ0n) is 19.6. The molecular formula is C29H22N2O5S. The quantitative estimate of drug-likeness (QED) is 0.353. The lowest BCUT2D eigenvalue weighted by molar-refractivity contribution is -0.130. The molecule has 0 unspecified atom stereocenters. The number of imide groups is 2. The Bertz CT molecular complexity index is 1500. The van der Waals surface area contributed by atoms with Gasteiger partial charge in [-0.3, -0.25) is 9.59 Å². The van der Waals surface area contributed by atoms with Gasteiger partial charge in [-0.05, 0) is 42.0 Å². The average Bonchev–Trinajstić information content (AvgIpc) is 2.93. The van der Waals surface area contributed by atoms with Crippen molar-refractivity contribution in [3.8, 4) is 0 Å². The number of amides is 4. The fourth-order valence-corrected chi connectivity index (χ4v) is 6.41. The van der Waals surface area contributed by atoms with Gasteiger partial charge in [-0.15, -0.1) is 0 Å². The van der Waals surface area contributed by atoms with Crippen LogP contribution in [-0.2, 0) is 25.8 Å². The van der Waals surface area contributed by atoms with E-state index in [9.17, 15) is 22.8 Å². The van der Waals surface area contributed by atoms with Crippen LogP contribution in [0.4, 0.5) is 16.2 Å². The maximum atomic E-state index is 14.4. The first-order valence-corrected chi connectivity index (χ1v) is 13.0. The predicted molar refractivity (Wildman–Crippen MR) is 140 cm³/mol. The number of hydrogen-bond acceptors (Lipinski definition) is 5. The monoisotopic (exact) mass is 510 g/mol. The summed E-state index contributed by atoms with van der Waals surface area (Å²) >= 11 is 0. The lowest BCUT2D eigenvalue weighted by atomic mass is 9.92. The Morgan fingerprint density at radius 1 is 0.541 bits per heavy atom. The molecule has 0 atom stereocenters. The molecule has 1 saturated heterocycles. The van der Waals surface area contributed by atoms with E-state index >= 15 is 0 Å². The van der Waals surface area contributed by atoms with Crippen molar-refractivity contribution in [1.29, 1.82) is 0 Å². The minimum absolute atomic E-state index is 0.159. The van der Waals surface area contributed by atoms with Gasteiger partial charge >= 0.3 is 6.03 Å². The van der Waals surface area contributed by atoms with Gasteiger partial charge in [0.2, 0.25) is 14.6 Å². The van der Waals surface area contributed by atoms with E-state index in [4.69, 9.17) is 0 Å². The number of anilines is 2. The molecule has 37 heavy (non-hydrogen) atoms. The highest BCUT2D eigenvalue weighted by molar-refractivity contribution is 7.94. The van der Waals surface area contributed by atoms with Crippen LogP contribution in [0.25, 0.3) is 0 Å². The van der Waals surface area contributed by atoms with Gasteiger partial charge in [0.1, 0.15) is 0 Å². The molecule has 0 saturated carbocycles. The molecule has 1 heterocycles. The fraction of sp³-hybridized carbons (Fsp3) is 0.0690. The number of para-hydroxylation sites is 2. The van der Waals surface area contributed by atoms with Gasteiger partial charge in [-0.2, -0.15) is 0 Å². The minimum atomic E-state index is -4.66. The smallest absolute Gasteiger partial charge is 0.271 e. The third-order valence-corrected chi connectivity index (χ3v) is 8.62. The summed E-state index contributed by atoms with van der Waals surface area (Å²) in [5, 5.41) is 0. The molecule has 0 radical (unpaired) electrons. The molecule has 1 aliphatic rings. The van der Waals surface area contributed by atoms with Crippen LogP contribution in [0.15, 0.2) is 126 Å². The Labute approximate surface area is 214 Å². The normalized spacial score (nSPS) is 15.6. The van der Waals surface area contributed by atoms with Gasteiger partial charge < -0.3 is 0 Å². The lowest BCUT2D eigenvalue weighted by Crippen LogP contribution is -2.73. The molecule has 8 heteroatoms. The number of urea groups is 1. The van der Waals surface area contributed by atoms with E-state index in [1.807, 2.05) is 0 Å². The summed E-state index contributed by atoms with van der Waals surface area (Å²) in [6.07, 6.45) is -0.456. The van der Waals surface area contributed by atoms with Crippen LogP contribution in [0.1, 0.15) is 5.56 Å². The van der Waals surface area contributed by atoms with E-state index < -0.39 is 38.9 Å². The van der Waals surface area contributed by atoms with Crippen molar-refractivity contribution in [2.24, 2.45) is 0 Å². The number of carbonyl (C=O) groups excluding carboxylic acids is 3. The number of hydrogen-bond donors (Lipinski definition) is 0. The maximum absolute atomic E-state index is 14.4. The van der Waals surface area contributed by atoms with Crippen LogP contribution >= 0.6 is 0 Å². The molecule has 0 bridgehead atoms. The molecule has 7 nitrogen and oxygen atoms in total. The first-order chi connectivity index (χ1) is 17.9. The number of nitrogens with zero attached hydrogens (tertiary/aromatic N) is 2. The number of sulfone groups is 1. The summed E-state index contributed by atoms with van der Waals surface area (Å²) in [5.74, 6) is -2.23. The van der Waals surface area contributed by atoms with Crippen molar-refractivity contribution >= 4 is 39.1 Å². The summed E-state index contributed by atoms with van der Waals surface area (Å²) < 4.78 is 26.1.